The van der Waals surface area contributed by atoms with Crippen LogP contribution in [0.4, 0.5) is 0 Å². The van der Waals surface area contributed by atoms with Gasteiger partial charge < -0.3 is 28.8 Å². The first-order valence-electron chi connectivity index (χ1n) is 7.92. The lowest BCUT2D eigenvalue weighted by Gasteiger charge is -2.23. The van der Waals surface area contributed by atoms with Crippen LogP contribution in [0.2, 0.25) is 0 Å². The predicted molar refractivity (Wildman–Crippen MR) is 111 cm³/mol. The number of H-pyrrole nitrogens is 1. The molecule has 2 rings (SSSR count). The number of phosphoric acid groups is 1. The molecule has 1 saturated heterocycles. The van der Waals surface area contributed by atoms with Gasteiger partial charge in [0.2, 0.25) is 0 Å². The van der Waals surface area contributed by atoms with Gasteiger partial charge in [0.1, 0.15) is 6.23 Å². The molecule has 1 aliphatic rings. The Bertz CT molecular complexity index is 1140. The highest BCUT2D eigenvalue weighted by Crippen LogP contribution is 2.66. The van der Waals surface area contributed by atoms with E-state index >= 15 is 0 Å². The smallest absolute Gasteiger partial charge is 0.352 e. The third kappa shape index (κ3) is 7.93. The second-order valence-corrected chi connectivity index (χ2v) is 13.2. The quantitative estimate of drug-likeness (QED) is 0.124. The zero-order valence-electron chi connectivity index (χ0n) is 15.3. The van der Waals surface area contributed by atoms with E-state index in [0.717, 1.165) is 4.57 Å². The van der Waals surface area contributed by atoms with E-state index in [-0.39, 0.29) is 12.0 Å². The maximum atomic E-state index is 12.0. The van der Waals surface area contributed by atoms with Crippen molar-refractivity contribution in [3.63, 3.8) is 0 Å². The van der Waals surface area contributed by atoms with Crippen molar-refractivity contribution in [1.29, 1.82) is 0 Å². The lowest BCUT2D eigenvalue weighted by molar-refractivity contribution is -0.0241. The van der Waals surface area contributed by atoms with Crippen LogP contribution in [0.25, 0.3) is 10.4 Å². The Morgan fingerprint density at radius 1 is 1.32 bits per heavy atom. The van der Waals surface area contributed by atoms with Gasteiger partial charge in [-0.25, -0.2) is 18.0 Å². The van der Waals surface area contributed by atoms with Crippen LogP contribution < -0.4 is 11.2 Å². The monoisotopic (exact) mass is 539 g/mol. The standard InChI is InChI=1S/C10H16N5O11P3S2/c1-5-3-15(10(17)12-9(5)16)8-2-6(13-14-11)7(24-8)4-23-28(21,30)26-29(22,31)25-27(18,19)20/h3,6-8H,2,4H2,1H3,(H,21,30)(H,22,31)(H,12,16,17)(H2,18,19,20)/t6-,7+,8+,28?,29?/m0/s1. The molecule has 174 valence electrons. The van der Waals surface area contributed by atoms with Crippen molar-refractivity contribution in [3.05, 3.63) is 43.0 Å². The largest absolute Gasteiger partial charge is 0.476 e. The van der Waals surface area contributed by atoms with Gasteiger partial charge in [0.25, 0.3) is 5.56 Å². The number of aromatic amines is 1. The minimum atomic E-state index is -5.25. The molecule has 0 amide bonds. The van der Waals surface area contributed by atoms with Gasteiger partial charge in [0.15, 0.2) is 0 Å². The molecule has 2 unspecified atom stereocenters. The summed E-state index contributed by atoms with van der Waals surface area (Å²) < 4.78 is 30.8. The summed E-state index contributed by atoms with van der Waals surface area (Å²) >= 11 is 8.99. The minimum Gasteiger partial charge on any atom is -0.352 e. The molecule has 31 heavy (non-hydrogen) atoms. The van der Waals surface area contributed by atoms with E-state index < -0.39 is 57.5 Å². The maximum Gasteiger partial charge on any atom is 0.476 e. The predicted octanol–water partition coefficient (Wildman–Crippen LogP) is 0.388. The molecule has 5 N–H and O–H groups in total. The average molecular weight is 539 g/mol. The van der Waals surface area contributed by atoms with E-state index in [4.69, 9.17) is 24.6 Å². The number of aryl methyl sites for hydroxylation is 1. The lowest BCUT2D eigenvalue weighted by atomic mass is 10.1. The van der Waals surface area contributed by atoms with Crippen molar-refractivity contribution in [2.75, 3.05) is 6.61 Å². The van der Waals surface area contributed by atoms with Gasteiger partial charge in [0, 0.05) is 23.1 Å². The van der Waals surface area contributed by atoms with E-state index in [1.807, 2.05) is 0 Å². The van der Waals surface area contributed by atoms with Crippen LogP contribution in [-0.2, 0) is 46.1 Å². The topological polar surface area (TPSA) is 239 Å². The molecule has 5 atom stereocenters. The summed E-state index contributed by atoms with van der Waals surface area (Å²) in [5.74, 6) is 0. The molecular weight excluding hydrogens is 523 g/mol. The highest BCUT2D eigenvalue weighted by molar-refractivity contribution is 8.15. The van der Waals surface area contributed by atoms with Gasteiger partial charge >= 0.3 is 26.9 Å². The summed E-state index contributed by atoms with van der Waals surface area (Å²) in [6.45, 7) is -8.16. The summed E-state index contributed by atoms with van der Waals surface area (Å²) in [5, 5.41) is 3.53. The number of nitrogens with one attached hydrogen (secondary N) is 1. The fraction of sp³-hybridized carbons (Fsp3) is 0.600. The fourth-order valence-corrected chi connectivity index (χ4v) is 8.50. The molecule has 21 heteroatoms. The van der Waals surface area contributed by atoms with E-state index in [9.17, 15) is 23.9 Å². The minimum absolute atomic E-state index is 0.00206. The Hall–Kier alpha value is -0.800. The third-order valence-electron chi connectivity index (χ3n) is 3.68. The second-order valence-electron chi connectivity index (χ2n) is 6.00. The molecule has 0 spiro atoms. The Kier molecular flexibility index (Phi) is 8.53. The summed E-state index contributed by atoms with van der Waals surface area (Å²) in [7, 11) is -5.25. The number of nitrogens with zero attached hydrogens (tertiary/aromatic N) is 4. The highest BCUT2D eigenvalue weighted by atomic mass is 32.5. The molecule has 16 nitrogen and oxygen atoms in total. The van der Waals surface area contributed by atoms with Crippen LogP contribution in [0.5, 0.6) is 0 Å². The molecule has 1 aromatic rings. The first-order valence-corrected chi connectivity index (χ1v) is 14.6. The van der Waals surface area contributed by atoms with Crippen LogP contribution >= 0.6 is 21.3 Å². The van der Waals surface area contributed by atoms with Crippen LogP contribution in [0.3, 0.4) is 0 Å². The highest BCUT2D eigenvalue weighted by Gasteiger charge is 2.39. The molecule has 2 heterocycles. The van der Waals surface area contributed by atoms with Crippen molar-refractivity contribution < 1.29 is 42.0 Å². The van der Waals surface area contributed by atoms with E-state index in [0.29, 0.717) is 0 Å². The van der Waals surface area contributed by atoms with Gasteiger partial charge in [-0.05, 0) is 36.1 Å². The molecule has 0 aliphatic carbocycles. The van der Waals surface area contributed by atoms with Gasteiger partial charge in [-0.1, -0.05) is 5.11 Å². The number of ether oxygens (including phenoxy) is 1. The summed E-state index contributed by atoms with van der Waals surface area (Å²) in [5.41, 5.74) is 7.62. The zero-order chi connectivity index (χ0) is 23.6. The number of rotatable bonds is 9. The van der Waals surface area contributed by atoms with E-state index in [2.05, 4.69) is 47.2 Å². The normalized spacial score (nSPS) is 25.4. The molecule has 0 bridgehead atoms. The number of hydrogen-bond acceptors (Lipinski definition) is 10. The van der Waals surface area contributed by atoms with Gasteiger partial charge in [0.05, 0.1) is 18.8 Å². The van der Waals surface area contributed by atoms with Crippen molar-refractivity contribution >= 4 is 44.9 Å². The van der Waals surface area contributed by atoms with Gasteiger partial charge in [-0.15, -0.1) is 0 Å². The zero-order valence-corrected chi connectivity index (χ0v) is 19.6. The Morgan fingerprint density at radius 2 is 1.97 bits per heavy atom. The lowest BCUT2D eigenvalue weighted by Crippen LogP contribution is -2.33. The first kappa shape index (κ1) is 26.5. The van der Waals surface area contributed by atoms with Crippen LogP contribution in [-0.4, -0.2) is 47.9 Å². The molecule has 0 radical (unpaired) electrons. The van der Waals surface area contributed by atoms with E-state index in [1.165, 1.54) is 13.1 Å². The number of hydrogen-bond donors (Lipinski definition) is 5. The fourth-order valence-electron chi connectivity index (χ4n) is 2.49. The molecule has 1 fully saturated rings. The SMILES string of the molecule is Cc1cn([C@H]2C[C@H](N=[N+]=[N-])[C@@H](COP(O)(=S)OP(O)(=S)OP(=O)(O)O)O2)c(=O)[nH]c1=O. The summed E-state index contributed by atoms with van der Waals surface area (Å²) in [6, 6.07) is -0.896. The average Bonchev–Trinajstić information content (AvgIpc) is 2.96. The Morgan fingerprint density at radius 3 is 2.55 bits per heavy atom. The van der Waals surface area contributed by atoms with Crippen molar-refractivity contribution in [1.82, 2.24) is 9.55 Å². The maximum absolute atomic E-state index is 12.0. The Labute approximate surface area is 183 Å². The molecule has 1 aliphatic heterocycles. The Balaban J connectivity index is 2.14. The van der Waals surface area contributed by atoms with Crippen LogP contribution in [0.1, 0.15) is 18.2 Å². The van der Waals surface area contributed by atoms with Crippen molar-refractivity contribution in [2.24, 2.45) is 5.11 Å². The molecule has 0 aromatic carbocycles. The summed E-state index contributed by atoms with van der Waals surface area (Å²) in [6.07, 6.45) is -0.774. The third-order valence-corrected chi connectivity index (χ3v) is 9.60. The van der Waals surface area contributed by atoms with Crippen LogP contribution in [0, 0.1) is 6.92 Å². The van der Waals surface area contributed by atoms with Crippen molar-refractivity contribution in [2.45, 2.75) is 31.7 Å². The molecule has 1 aromatic heterocycles. The van der Waals surface area contributed by atoms with Crippen molar-refractivity contribution in [3.8, 4) is 0 Å². The van der Waals surface area contributed by atoms with Gasteiger partial charge in [-0.2, -0.15) is 0 Å². The number of azide groups is 1. The molecular formula is C10H16N5O11P3S2. The second kappa shape index (κ2) is 10.00. The van der Waals surface area contributed by atoms with E-state index in [1.54, 1.807) is 0 Å². The van der Waals surface area contributed by atoms with Crippen LogP contribution in [0.15, 0.2) is 20.9 Å². The number of aromatic nitrogens is 2. The summed E-state index contributed by atoms with van der Waals surface area (Å²) in [4.78, 5) is 65.4. The first-order chi connectivity index (χ1) is 14.1. The molecule has 0 saturated carbocycles. The van der Waals surface area contributed by atoms with Gasteiger partial charge in [-0.3, -0.25) is 14.3 Å².